The fourth-order valence-electron chi connectivity index (χ4n) is 0.579. The summed E-state index contributed by atoms with van der Waals surface area (Å²) in [6.07, 6.45) is 2.21. The Labute approximate surface area is 61.3 Å². The SMILES string of the molecule is C=CC[C@H](C)NS(N)(=O)=O. The van der Waals surface area contributed by atoms with E-state index < -0.39 is 10.2 Å². The van der Waals surface area contributed by atoms with Gasteiger partial charge in [0.05, 0.1) is 0 Å². The maximum absolute atomic E-state index is 10.3. The van der Waals surface area contributed by atoms with Crippen molar-refractivity contribution >= 4 is 10.2 Å². The van der Waals surface area contributed by atoms with Gasteiger partial charge in [-0.15, -0.1) is 6.58 Å². The van der Waals surface area contributed by atoms with E-state index in [1.54, 1.807) is 13.0 Å². The Morgan fingerprint density at radius 2 is 2.30 bits per heavy atom. The first-order chi connectivity index (χ1) is 4.45. The van der Waals surface area contributed by atoms with Crippen molar-refractivity contribution in [2.75, 3.05) is 0 Å². The molecule has 0 aliphatic rings. The second-order valence-electron chi connectivity index (χ2n) is 2.09. The molecular formula is C5H12N2O2S. The summed E-state index contributed by atoms with van der Waals surface area (Å²) in [4.78, 5) is 0. The van der Waals surface area contributed by atoms with Crippen LogP contribution in [-0.2, 0) is 10.2 Å². The van der Waals surface area contributed by atoms with Crippen molar-refractivity contribution in [3.8, 4) is 0 Å². The second kappa shape index (κ2) is 3.70. The highest BCUT2D eigenvalue weighted by molar-refractivity contribution is 7.87. The maximum atomic E-state index is 10.3. The summed E-state index contributed by atoms with van der Waals surface area (Å²) in [7, 11) is -3.54. The molecule has 0 aromatic carbocycles. The highest BCUT2D eigenvalue weighted by atomic mass is 32.2. The van der Waals surface area contributed by atoms with Crippen molar-refractivity contribution in [3.05, 3.63) is 12.7 Å². The van der Waals surface area contributed by atoms with Gasteiger partial charge in [0.1, 0.15) is 0 Å². The van der Waals surface area contributed by atoms with Gasteiger partial charge in [0, 0.05) is 6.04 Å². The van der Waals surface area contributed by atoms with E-state index in [-0.39, 0.29) is 6.04 Å². The molecule has 0 aromatic heterocycles. The Balaban J connectivity index is 3.80. The van der Waals surface area contributed by atoms with Crippen molar-refractivity contribution in [2.24, 2.45) is 5.14 Å². The molecule has 0 bridgehead atoms. The van der Waals surface area contributed by atoms with Gasteiger partial charge in [0.25, 0.3) is 10.2 Å². The lowest BCUT2D eigenvalue weighted by atomic mass is 10.3. The minimum absolute atomic E-state index is 0.174. The summed E-state index contributed by atoms with van der Waals surface area (Å²) in [6, 6.07) is -0.174. The van der Waals surface area contributed by atoms with Crippen LogP contribution in [0.2, 0.25) is 0 Å². The van der Waals surface area contributed by atoms with Crippen molar-refractivity contribution in [2.45, 2.75) is 19.4 Å². The fourth-order valence-corrected chi connectivity index (χ4v) is 1.24. The zero-order valence-electron chi connectivity index (χ0n) is 5.87. The quantitative estimate of drug-likeness (QED) is 0.562. The molecule has 0 saturated heterocycles. The smallest absolute Gasteiger partial charge is 0.216 e. The van der Waals surface area contributed by atoms with Crippen LogP contribution >= 0.6 is 0 Å². The zero-order chi connectivity index (χ0) is 8.20. The molecule has 60 valence electrons. The van der Waals surface area contributed by atoms with Gasteiger partial charge < -0.3 is 0 Å². The van der Waals surface area contributed by atoms with Crippen LogP contribution in [0, 0.1) is 0 Å². The normalized spacial score (nSPS) is 14.6. The largest absolute Gasteiger partial charge is 0.274 e. The van der Waals surface area contributed by atoms with Gasteiger partial charge in [0.2, 0.25) is 0 Å². The third-order valence-electron chi connectivity index (χ3n) is 0.886. The molecule has 0 heterocycles. The molecule has 0 unspecified atom stereocenters. The van der Waals surface area contributed by atoms with Gasteiger partial charge in [-0.05, 0) is 13.3 Å². The monoisotopic (exact) mass is 164 g/mol. The number of hydrogen-bond acceptors (Lipinski definition) is 2. The van der Waals surface area contributed by atoms with Crippen LogP contribution in [-0.4, -0.2) is 14.5 Å². The Morgan fingerprint density at radius 3 is 2.60 bits per heavy atom. The first kappa shape index (κ1) is 9.61. The molecule has 0 saturated carbocycles. The topological polar surface area (TPSA) is 72.2 Å². The predicted molar refractivity (Wildman–Crippen MR) is 40.5 cm³/mol. The summed E-state index contributed by atoms with van der Waals surface area (Å²) in [6.45, 7) is 5.17. The van der Waals surface area contributed by atoms with E-state index in [2.05, 4.69) is 11.3 Å². The Bertz CT molecular complexity index is 198. The Kier molecular flexibility index (Phi) is 3.55. The highest BCUT2D eigenvalue weighted by Crippen LogP contribution is 1.90. The van der Waals surface area contributed by atoms with E-state index in [0.29, 0.717) is 6.42 Å². The number of nitrogens with two attached hydrogens (primary N) is 1. The average molecular weight is 164 g/mol. The van der Waals surface area contributed by atoms with Gasteiger partial charge in [-0.3, -0.25) is 0 Å². The lowest BCUT2D eigenvalue weighted by molar-refractivity contribution is 0.564. The third kappa shape index (κ3) is 5.74. The Hall–Kier alpha value is -0.390. The van der Waals surface area contributed by atoms with Gasteiger partial charge >= 0.3 is 0 Å². The van der Waals surface area contributed by atoms with Gasteiger partial charge in [-0.25, -0.2) is 5.14 Å². The molecule has 0 rings (SSSR count). The van der Waals surface area contributed by atoms with Crippen molar-refractivity contribution in [3.63, 3.8) is 0 Å². The summed E-state index contributed by atoms with van der Waals surface area (Å²) < 4.78 is 22.9. The van der Waals surface area contributed by atoms with Crippen LogP contribution in [0.4, 0.5) is 0 Å². The van der Waals surface area contributed by atoms with E-state index in [9.17, 15) is 8.42 Å². The van der Waals surface area contributed by atoms with Crippen LogP contribution in [0.3, 0.4) is 0 Å². The molecule has 0 radical (unpaired) electrons. The summed E-state index contributed by atoms with van der Waals surface area (Å²) in [5, 5.41) is 4.69. The van der Waals surface area contributed by atoms with Gasteiger partial charge in [0.15, 0.2) is 0 Å². The van der Waals surface area contributed by atoms with Crippen LogP contribution in [0.1, 0.15) is 13.3 Å². The lowest BCUT2D eigenvalue weighted by Gasteiger charge is -2.07. The predicted octanol–water partition coefficient (Wildman–Crippen LogP) is -0.256. The van der Waals surface area contributed by atoms with E-state index >= 15 is 0 Å². The van der Waals surface area contributed by atoms with Gasteiger partial charge in [-0.2, -0.15) is 13.1 Å². The van der Waals surface area contributed by atoms with E-state index in [1.807, 2.05) is 0 Å². The number of rotatable bonds is 4. The molecule has 4 nitrogen and oxygen atoms in total. The highest BCUT2D eigenvalue weighted by Gasteiger charge is 2.05. The summed E-state index contributed by atoms with van der Waals surface area (Å²) >= 11 is 0. The summed E-state index contributed by atoms with van der Waals surface area (Å²) in [5.41, 5.74) is 0. The van der Waals surface area contributed by atoms with Crippen molar-refractivity contribution < 1.29 is 8.42 Å². The van der Waals surface area contributed by atoms with Crippen LogP contribution in [0.15, 0.2) is 12.7 Å². The molecule has 3 N–H and O–H groups in total. The molecule has 0 aliphatic carbocycles. The first-order valence-electron chi connectivity index (χ1n) is 2.86. The van der Waals surface area contributed by atoms with E-state index in [1.165, 1.54) is 0 Å². The Morgan fingerprint density at radius 1 is 1.80 bits per heavy atom. The fraction of sp³-hybridized carbons (Fsp3) is 0.600. The first-order valence-corrected chi connectivity index (χ1v) is 4.41. The van der Waals surface area contributed by atoms with Crippen LogP contribution < -0.4 is 9.86 Å². The second-order valence-corrected chi connectivity index (χ2v) is 3.41. The molecule has 1 atom stereocenters. The molecule has 10 heavy (non-hydrogen) atoms. The van der Waals surface area contributed by atoms with Gasteiger partial charge in [-0.1, -0.05) is 6.08 Å². The van der Waals surface area contributed by atoms with Crippen molar-refractivity contribution in [1.29, 1.82) is 0 Å². The van der Waals surface area contributed by atoms with E-state index in [4.69, 9.17) is 5.14 Å². The van der Waals surface area contributed by atoms with Crippen LogP contribution in [0.5, 0.6) is 0 Å². The summed E-state index contributed by atoms with van der Waals surface area (Å²) in [5.74, 6) is 0. The molecule has 0 aromatic rings. The lowest BCUT2D eigenvalue weighted by Crippen LogP contribution is -2.37. The molecule has 0 amide bonds. The third-order valence-corrected chi connectivity index (χ3v) is 1.62. The number of hydrogen-bond donors (Lipinski definition) is 2. The molecule has 0 aliphatic heterocycles. The standard InChI is InChI=1S/C5H12N2O2S/c1-3-4-5(2)7-10(6,8)9/h3,5,7H,1,4H2,2H3,(H2,6,8,9)/t5-/m0/s1. The molecule has 0 spiro atoms. The molecule has 0 fully saturated rings. The molecule has 5 heteroatoms. The van der Waals surface area contributed by atoms with Crippen molar-refractivity contribution in [1.82, 2.24) is 4.72 Å². The maximum Gasteiger partial charge on any atom is 0.274 e. The minimum atomic E-state index is -3.54. The minimum Gasteiger partial charge on any atom is -0.216 e. The molecular weight excluding hydrogens is 152 g/mol. The zero-order valence-corrected chi connectivity index (χ0v) is 6.69. The van der Waals surface area contributed by atoms with Crippen LogP contribution in [0.25, 0.3) is 0 Å². The van der Waals surface area contributed by atoms with E-state index in [0.717, 1.165) is 0 Å². The number of nitrogens with one attached hydrogen (secondary N) is 1. The average Bonchev–Trinajstić information content (AvgIpc) is 1.59.